The molecule has 0 saturated carbocycles. The Hall–Kier alpha value is -0.890. The van der Waals surface area contributed by atoms with Crippen molar-refractivity contribution in [3.05, 3.63) is 0 Å². The molecule has 2 aliphatic heterocycles. The predicted octanol–water partition coefficient (Wildman–Crippen LogP) is 0.848. The molecule has 2 fully saturated rings. The van der Waals surface area contributed by atoms with Gasteiger partial charge in [-0.2, -0.15) is 0 Å². The Kier molecular flexibility index (Phi) is 8.95. The van der Waals surface area contributed by atoms with E-state index >= 15 is 0 Å². The summed E-state index contributed by atoms with van der Waals surface area (Å²) in [5.74, 6) is 0.888. The van der Waals surface area contributed by atoms with Gasteiger partial charge in [0.15, 0.2) is 5.96 Å². The molecule has 2 saturated heterocycles. The van der Waals surface area contributed by atoms with Crippen LogP contribution in [0.25, 0.3) is 0 Å². The van der Waals surface area contributed by atoms with Crippen LogP contribution in [0.3, 0.4) is 0 Å². The predicted molar refractivity (Wildman–Crippen MR) is 100 cm³/mol. The Labute approximate surface area is 152 Å². The molecule has 0 radical (unpaired) electrons. The zero-order valence-corrected chi connectivity index (χ0v) is 16.2. The van der Waals surface area contributed by atoms with Crippen molar-refractivity contribution in [2.45, 2.75) is 44.2 Å². The van der Waals surface area contributed by atoms with Crippen LogP contribution in [0.4, 0.5) is 0 Å². The fraction of sp³-hybridized carbons (Fsp3) is 0.944. The highest BCUT2D eigenvalue weighted by molar-refractivity contribution is 5.79. The van der Waals surface area contributed by atoms with Gasteiger partial charge in [-0.1, -0.05) is 0 Å². The quantitative estimate of drug-likeness (QED) is 0.363. The van der Waals surface area contributed by atoms with E-state index in [-0.39, 0.29) is 11.6 Å². The maximum atomic E-state index is 5.80. The average molecular weight is 357 g/mol. The molecule has 2 N–H and O–H groups in total. The van der Waals surface area contributed by atoms with Crippen LogP contribution in [0, 0.1) is 0 Å². The van der Waals surface area contributed by atoms with Crippen LogP contribution in [-0.4, -0.2) is 89.3 Å². The number of nitrogens with one attached hydrogen (secondary N) is 2. The molecule has 0 aromatic heterocycles. The molecular weight excluding hydrogens is 320 g/mol. The molecule has 1 atom stereocenters. The van der Waals surface area contributed by atoms with E-state index in [0.717, 1.165) is 84.3 Å². The molecule has 25 heavy (non-hydrogen) atoms. The van der Waals surface area contributed by atoms with E-state index in [4.69, 9.17) is 19.2 Å². The van der Waals surface area contributed by atoms with Crippen molar-refractivity contribution >= 4 is 5.96 Å². The minimum atomic E-state index is 0.103. The van der Waals surface area contributed by atoms with E-state index in [2.05, 4.69) is 36.6 Å². The molecule has 0 aromatic carbocycles. The highest BCUT2D eigenvalue weighted by Gasteiger charge is 2.34. The van der Waals surface area contributed by atoms with Crippen LogP contribution in [0.2, 0.25) is 0 Å². The van der Waals surface area contributed by atoms with Gasteiger partial charge in [-0.15, -0.1) is 0 Å². The molecular formula is C18H36N4O3. The van der Waals surface area contributed by atoms with E-state index in [1.807, 2.05) is 0 Å². The molecule has 0 bridgehead atoms. The standard InChI is InChI=1S/C18H36N4O3/c1-4-19-17(20-9-5-10-25-16-6-11-24-14-16)21-15-18(22(2)3)7-12-23-13-8-18/h16H,4-15H2,1-3H3,(H2,19,20,21). The van der Waals surface area contributed by atoms with Gasteiger partial charge in [0.1, 0.15) is 0 Å². The summed E-state index contributed by atoms with van der Waals surface area (Å²) in [4.78, 5) is 7.15. The van der Waals surface area contributed by atoms with Gasteiger partial charge in [0.2, 0.25) is 0 Å². The fourth-order valence-corrected chi connectivity index (χ4v) is 3.24. The van der Waals surface area contributed by atoms with Gasteiger partial charge in [-0.05, 0) is 46.7 Å². The summed E-state index contributed by atoms with van der Waals surface area (Å²) in [5, 5.41) is 6.76. The lowest BCUT2D eigenvalue weighted by atomic mass is 9.89. The summed E-state index contributed by atoms with van der Waals surface area (Å²) in [7, 11) is 4.29. The Morgan fingerprint density at radius 1 is 1.20 bits per heavy atom. The Morgan fingerprint density at radius 3 is 2.64 bits per heavy atom. The lowest BCUT2D eigenvalue weighted by molar-refractivity contribution is -0.00255. The first-order valence-corrected chi connectivity index (χ1v) is 9.63. The fourth-order valence-electron chi connectivity index (χ4n) is 3.24. The Bertz CT molecular complexity index is 392. The number of hydrogen-bond donors (Lipinski definition) is 2. The van der Waals surface area contributed by atoms with Gasteiger partial charge in [0.25, 0.3) is 0 Å². The van der Waals surface area contributed by atoms with Crippen molar-refractivity contribution in [3.8, 4) is 0 Å². The summed E-state index contributed by atoms with van der Waals surface area (Å²) in [6.45, 7) is 8.58. The number of ether oxygens (including phenoxy) is 3. The molecule has 2 aliphatic rings. The van der Waals surface area contributed by atoms with Gasteiger partial charge in [-0.25, -0.2) is 0 Å². The number of hydrogen-bond acceptors (Lipinski definition) is 5. The largest absolute Gasteiger partial charge is 0.381 e. The maximum absolute atomic E-state index is 5.80. The van der Waals surface area contributed by atoms with Crippen molar-refractivity contribution in [3.63, 3.8) is 0 Å². The summed E-state index contributed by atoms with van der Waals surface area (Å²) in [6.07, 6.45) is 4.33. The Balaban J connectivity index is 1.74. The third-order valence-electron chi connectivity index (χ3n) is 5.10. The van der Waals surface area contributed by atoms with E-state index in [1.54, 1.807) is 0 Å². The zero-order valence-electron chi connectivity index (χ0n) is 16.2. The Morgan fingerprint density at radius 2 is 2.00 bits per heavy atom. The molecule has 2 rings (SSSR count). The zero-order chi connectivity index (χ0) is 18.0. The van der Waals surface area contributed by atoms with Crippen LogP contribution in [0.15, 0.2) is 4.99 Å². The van der Waals surface area contributed by atoms with Crippen LogP contribution >= 0.6 is 0 Å². The van der Waals surface area contributed by atoms with Crippen LogP contribution in [-0.2, 0) is 14.2 Å². The lowest BCUT2D eigenvalue weighted by Crippen LogP contribution is -2.51. The second-order valence-corrected chi connectivity index (χ2v) is 7.06. The topological polar surface area (TPSA) is 67.4 Å². The highest BCUT2D eigenvalue weighted by atomic mass is 16.5. The van der Waals surface area contributed by atoms with Crippen molar-refractivity contribution in [1.29, 1.82) is 0 Å². The van der Waals surface area contributed by atoms with E-state index in [1.165, 1.54) is 0 Å². The van der Waals surface area contributed by atoms with Crippen LogP contribution < -0.4 is 10.6 Å². The average Bonchev–Trinajstić information content (AvgIpc) is 3.13. The summed E-state index contributed by atoms with van der Waals surface area (Å²) in [6, 6.07) is 0. The number of rotatable bonds is 9. The number of nitrogens with zero attached hydrogens (tertiary/aromatic N) is 2. The minimum Gasteiger partial charge on any atom is -0.381 e. The summed E-state index contributed by atoms with van der Waals surface area (Å²) in [5.41, 5.74) is 0.103. The first kappa shape index (κ1) is 20.4. The SMILES string of the molecule is CCNC(=NCC1(N(C)C)CCOCC1)NCCCOC1CCOC1. The first-order valence-electron chi connectivity index (χ1n) is 9.63. The maximum Gasteiger partial charge on any atom is 0.191 e. The number of likely N-dealkylation sites (N-methyl/N-ethyl adjacent to an activating group) is 1. The minimum absolute atomic E-state index is 0.103. The molecule has 7 heteroatoms. The van der Waals surface area contributed by atoms with Gasteiger partial charge in [-0.3, -0.25) is 4.99 Å². The van der Waals surface area contributed by atoms with E-state index in [9.17, 15) is 0 Å². The van der Waals surface area contributed by atoms with Gasteiger partial charge < -0.3 is 29.7 Å². The van der Waals surface area contributed by atoms with Crippen molar-refractivity contribution in [2.24, 2.45) is 4.99 Å². The second kappa shape index (κ2) is 11.0. The van der Waals surface area contributed by atoms with Gasteiger partial charge >= 0.3 is 0 Å². The molecule has 0 spiro atoms. The monoisotopic (exact) mass is 356 g/mol. The van der Waals surface area contributed by atoms with Gasteiger partial charge in [0, 0.05) is 45.1 Å². The third-order valence-corrected chi connectivity index (χ3v) is 5.10. The molecule has 1 unspecified atom stereocenters. The van der Waals surface area contributed by atoms with Gasteiger partial charge in [0.05, 0.1) is 19.3 Å². The molecule has 0 aliphatic carbocycles. The molecule has 0 amide bonds. The van der Waals surface area contributed by atoms with E-state index < -0.39 is 0 Å². The van der Waals surface area contributed by atoms with Crippen molar-refractivity contribution in [1.82, 2.24) is 15.5 Å². The molecule has 0 aromatic rings. The van der Waals surface area contributed by atoms with E-state index in [0.29, 0.717) is 0 Å². The van der Waals surface area contributed by atoms with Crippen molar-refractivity contribution in [2.75, 3.05) is 66.8 Å². The summed E-state index contributed by atoms with van der Waals surface area (Å²) < 4.78 is 16.7. The third kappa shape index (κ3) is 6.73. The lowest BCUT2D eigenvalue weighted by Gasteiger charge is -2.41. The highest BCUT2D eigenvalue weighted by Crippen LogP contribution is 2.26. The molecule has 2 heterocycles. The second-order valence-electron chi connectivity index (χ2n) is 7.06. The normalized spacial score (nSPS) is 23.8. The number of guanidine groups is 1. The van der Waals surface area contributed by atoms with Crippen molar-refractivity contribution < 1.29 is 14.2 Å². The van der Waals surface area contributed by atoms with Crippen LogP contribution in [0.1, 0.15) is 32.6 Å². The first-order chi connectivity index (χ1) is 12.2. The molecule has 146 valence electrons. The smallest absolute Gasteiger partial charge is 0.191 e. The number of aliphatic imine (C=N–C) groups is 1. The van der Waals surface area contributed by atoms with Crippen LogP contribution in [0.5, 0.6) is 0 Å². The molecule has 7 nitrogen and oxygen atoms in total. The summed E-state index contributed by atoms with van der Waals surface area (Å²) >= 11 is 0.